The van der Waals surface area contributed by atoms with Gasteiger partial charge in [0.25, 0.3) is 5.91 Å². The number of rotatable bonds is 5. The van der Waals surface area contributed by atoms with Gasteiger partial charge in [0.1, 0.15) is 6.61 Å². The van der Waals surface area contributed by atoms with Gasteiger partial charge in [-0.2, -0.15) is 0 Å². The number of β-lactam (4-membered cyclic amide) rings is 1. The lowest BCUT2D eigenvalue weighted by atomic mass is 9.98. The van der Waals surface area contributed by atoms with Crippen LogP contribution in [0.3, 0.4) is 0 Å². The van der Waals surface area contributed by atoms with Gasteiger partial charge >= 0.3 is 5.97 Å². The van der Waals surface area contributed by atoms with Gasteiger partial charge in [-0.1, -0.05) is 18.5 Å². The van der Waals surface area contributed by atoms with E-state index in [4.69, 9.17) is 16.3 Å². The topological polar surface area (TPSA) is 86.7 Å². The van der Waals surface area contributed by atoms with Crippen molar-refractivity contribution < 1.29 is 23.7 Å². The van der Waals surface area contributed by atoms with Gasteiger partial charge in [-0.25, -0.2) is 4.79 Å². The van der Waals surface area contributed by atoms with E-state index in [0.717, 1.165) is 0 Å². The minimum atomic E-state index is -1.50. The van der Waals surface area contributed by atoms with E-state index >= 15 is 0 Å². The van der Waals surface area contributed by atoms with Crippen LogP contribution in [0.5, 0.6) is 0 Å². The Bertz CT molecular complexity index is 527. The maximum atomic E-state index is 12.6. The summed E-state index contributed by atoms with van der Waals surface area (Å²) in [4.78, 5) is 37.2. The summed E-state index contributed by atoms with van der Waals surface area (Å²) in [5, 5.41) is -0.721. The Kier molecular flexibility index (Phi) is 5.07. The fourth-order valence-electron chi connectivity index (χ4n) is 2.69. The molecular formula is C13H17ClINO5S. The molecule has 0 saturated carbocycles. The Morgan fingerprint density at radius 2 is 2.09 bits per heavy atom. The third-order valence-corrected chi connectivity index (χ3v) is 8.09. The maximum Gasteiger partial charge on any atom is 0.335 e. The summed E-state index contributed by atoms with van der Waals surface area (Å²) >= 11 is 6.37. The number of Topliss-reactive ketones (excluding diaryl/α,β-unsaturated/α-hetero) is 1. The number of nitrogens with zero attached hydrogens (tertiary/aromatic N) is 1. The molecule has 2 heterocycles. The zero-order valence-corrected chi connectivity index (χ0v) is 16.2. The number of fused-ring (bicyclic) bond motifs is 1. The van der Waals surface area contributed by atoms with Gasteiger partial charge < -0.3 is 9.29 Å². The normalized spacial score (nSPS) is 35.8. The molecule has 1 unspecified atom stereocenters. The Morgan fingerprint density at radius 1 is 1.50 bits per heavy atom. The molecule has 0 N–H and O–H groups in total. The average Bonchev–Trinajstić information content (AvgIpc) is 2.63. The van der Waals surface area contributed by atoms with Crippen molar-refractivity contribution in [3.05, 3.63) is 0 Å². The first-order chi connectivity index (χ1) is 10.1. The quantitative estimate of drug-likeness (QED) is 0.203. The highest BCUT2D eigenvalue weighted by Gasteiger charge is 2.78. The second-order valence-electron chi connectivity index (χ2n) is 5.89. The Labute approximate surface area is 150 Å². The second kappa shape index (κ2) is 6.10. The van der Waals surface area contributed by atoms with Crippen LogP contribution in [-0.2, 0) is 30.3 Å². The molecule has 4 atom stereocenters. The molecule has 2 saturated heterocycles. The predicted octanol–water partition coefficient (Wildman–Crippen LogP) is 1.35. The number of hydrogen-bond acceptors (Lipinski definition) is 5. The van der Waals surface area contributed by atoms with Crippen molar-refractivity contribution in [2.24, 2.45) is 0 Å². The van der Waals surface area contributed by atoms with Crippen molar-refractivity contribution >= 4 is 63.0 Å². The zero-order valence-electron chi connectivity index (χ0n) is 12.4. The first-order valence-electron chi connectivity index (χ1n) is 6.86. The summed E-state index contributed by atoms with van der Waals surface area (Å²) < 4.78 is 15.3. The first kappa shape index (κ1) is 18.3. The van der Waals surface area contributed by atoms with E-state index in [9.17, 15) is 18.9 Å². The monoisotopic (exact) mass is 461 g/mol. The van der Waals surface area contributed by atoms with E-state index in [1.165, 1.54) is 4.90 Å². The Balaban J connectivity index is 2.14. The van der Waals surface area contributed by atoms with Gasteiger partial charge in [-0.3, -0.25) is 14.5 Å². The van der Waals surface area contributed by atoms with E-state index in [-0.39, 0.29) is 12.4 Å². The van der Waals surface area contributed by atoms with Crippen LogP contribution in [0.1, 0.15) is 33.6 Å². The number of carbonyl (C=O) groups excluding carboxylic acids is 3. The fraction of sp³-hybridized carbons (Fsp3) is 0.769. The molecule has 0 aromatic heterocycles. The molecule has 0 aromatic rings. The lowest BCUT2D eigenvalue weighted by Gasteiger charge is -2.43. The third kappa shape index (κ3) is 2.65. The lowest BCUT2D eigenvalue weighted by Crippen LogP contribution is -2.69. The summed E-state index contributed by atoms with van der Waals surface area (Å²) in [6, 6.07) is -0.984. The second-order valence-corrected chi connectivity index (χ2v) is 10.9. The number of amides is 1. The Hall–Kier alpha value is -0.0600. The predicted molar refractivity (Wildman–Crippen MR) is 90.1 cm³/mol. The van der Waals surface area contributed by atoms with Crippen molar-refractivity contribution in [1.82, 2.24) is 4.90 Å². The zero-order chi connectivity index (χ0) is 16.9. The van der Waals surface area contributed by atoms with E-state index < -0.39 is 42.1 Å². The van der Waals surface area contributed by atoms with E-state index in [0.29, 0.717) is 12.8 Å². The van der Waals surface area contributed by atoms with Crippen LogP contribution in [0.25, 0.3) is 0 Å². The molecule has 0 radical (unpaired) electrons. The fourth-order valence-corrected chi connectivity index (χ4v) is 6.21. The maximum absolute atomic E-state index is 12.6. The minimum Gasteiger partial charge on any atom is -0.614 e. The van der Waals surface area contributed by atoms with Crippen molar-refractivity contribution in [2.45, 2.75) is 52.7 Å². The summed E-state index contributed by atoms with van der Waals surface area (Å²) in [6.07, 6.45) is 1.00. The molecule has 2 aliphatic rings. The third-order valence-electron chi connectivity index (χ3n) is 3.87. The summed E-state index contributed by atoms with van der Waals surface area (Å²) in [5.41, 5.74) is 0. The summed E-state index contributed by atoms with van der Waals surface area (Å²) in [7, 11) is 0. The van der Waals surface area contributed by atoms with E-state index in [1.54, 1.807) is 36.4 Å². The molecule has 9 heteroatoms. The average molecular weight is 462 g/mol. The van der Waals surface area contributed by atoms with E-state index in [2.05, 4.69) is 0 Å². The molecule has 0 spiro atoms. The number of hydrogen-bond donors (Lipinski definition) is 0. The number of ether oxygens (including phenoxy) is 1. The number of esters is 1. The van der Waals surface area contributed by atoms with Gasteiger partial charge in [0, 0.05) is 6.42 Å². The molecule has 124 valence electrons. The van der Waals surface area contributed by atoms with Crippen LogP contribution < -0.4 is 0 Å². The van der Waals surface area contributed by atoms with Gasteiger partial charge in [-0.05, 0) is 54.0 Å². The van der Waals surface area contributed by atoms with Crippen LogP contribution in [-0.4, -0.2) is 52.8 Å². The standard InChI is InChI=1S/C13H17ClINO5S/c1-4-5-7(17)6-21-9(18)8-12(2,3)22(20)11-13(14,15)10(19)16(8)11/h8,11H,4-6H2,1-3H3/t8-,11+,13+,22?/m0/s1. The van der Waals surface area contributed by atoms with Crippen LogP contribution in [0.4, 0.5) is 0 Å². The molecule has 1 amide bonds. The van der Waals surface area contributed by atoms with Gasteiger partial charge in [0.2, 0.25) is 8.25 Å². The van der Waals surface area contributed by atoms with Gasteiger partial charge in [0.05, 0.1) is 0 Å². The number of ketones is 1. The smallest absolute Gasteiger partial charge is 0.335 e. The highest BCUT2D eigenvalue weighted by atomic mass is 127. The summed E-state index contributed by atoms with van der Waals surface area (Å²) in [6.45, 7) is 4.80. The highest BCUT2D eigenvalue weighted by Crippen LogP contribution is 2.56. The van der Waals surface area contributed by atoms with Crippen molar-refractivity contribution in [1.29, 1.82) is 0 Å². The number of alkyl halides is 2. The van der Waals surface area contributed by atoms with Crippen LogP contribution in [0.15, 0.2) is 0 Å². The SMILES string of the molecule is CCCC(=O)COC(=O)[C@@H]1N2C(=O)[C@@](Cl)(I)[C@H]2[S+]([O-])C1(C)C. The molecule has 2 fully saturated rings. The minimum absolute atomic E-state index is 0.181. The van der Waals surface area contributed by atoms with Crippen molar-refractivity contribution in [3.8, 4) is 0 Å². The van der Waals surface area contributed by atoms with Crippen molar-refractivity contribution in [2.75, 3.05) is 6.61 Å². The molecule has 0 aliphatic carbocycles. The molecule has 2 rings (SSSR count). The summed E-state index contributed by atoms with van der Waals surface area (Å²) in [5.74, 6) is -1.33. The van der Waals surface area contributed by atoms with Crippen LogP contribution in [0.2, 0.25) is 0 Å². The molecule has 22 heavy (non-hydrogen) atoms. The molecule has 0 bridgehead atoms. The van der Waals surface area contributed by atoms with Crippen LogP contribution >= 0.6 is 34.2 Å². The molecular weight excluding hydrogens is 445 g/mol. The van der Waals surface area contributed by atoms with E-state index in [1.807, 2.05) is 6.92 Å². The van der Waals surface area contributed by atoms with Crippen molar-refractivity contribution in [3.63, 3.8) is 0 Å². The number of carbonyl (C=O) groups is 3. The highest BCUT2D eigenvalue weighted by molar-refractivity contribution is 14.1. The molecule has 0 aromatic carbocycles. The van der Waals surface area contributed by atoms with Crippen LogP contribution in [0, 0.1) is 0 Å². The largest absolute Gasteiger partial charge is 0.614 e. The number of halogens is 2. The Morgan fingerprint density at radius 3 is 2.64 bits per heavy atom. The van der Waals surface area contributed by atoms with Gasteiger partial charge in [0.15, 0.2) is 16.6 Å². The lowest BCUT2D eigenvalue weighted by molar-refractivity contribution is -0.162. The first-order valence-corrected chi connectivity index (χ1v) is 9.53. The molecule has 2 aliphatic heterocycles. The molecule has 6 nitrogen and oxygen atoms in total. The van der Waals surface area contributed by atoms with Gasteiger partial charge in [-0.15, -0.1) is 0 Å².